The minimum atomic E-state index is 0.330. The Hall–Kier alpha value is -2.83. The Kier molecular flexibility index (Phi) is 9.21. The second-order valence-electron chi connectivity index (χ2n) is 9.61. The van der Waals surface area contributed by atoms with Gasteiger partial charge in [0.1, 0.15) is 6.61 Å². The van der Waals surface area contributed by atoms with Gasteiger partial charge in [0.05, 0.1) is 31.3 Å². The number of ether oxygens (including phenoxy) is 2. The molecule has 2 unspecified atom stereocenters. The fourth-order valence-corrected chi connectivity index (χ4v) is 4.69. The van der Waals surface area contributed by atoms with E-state index in [0.717, 1.165) is 64.1 Å². The van der Waals surface area contributed by atoms with Gasteiger partial charge < -0.3 is 14.9 Å². The second-order valence-corrected chi connectivity index (χ2v) is 9.61. The number of hydrogen-bond donors (Lipinski definition) is 1. The van der Waals surface area contributed by atoms with E-state index >= 15 is 0 Å². The average molecular weight is 475 g/mol. The van der Waals surface area contributed by atoms with Crippen LogP contribution >= 0.6 is 0 Å². The Morgan fingerprint density at radius 3 is 2.74 bits per heavy atom. The average Bonchev–Trinajstić information content (AvgIpc) is 2.88. The van der Waals surface area contributed by atoms with Crippen LogP contribution in [0.3, 0.4) is 0 Å². The molecule has 1 saturated heterocycles. The van der Waals surface area contributed by atoms with Crippen molar-refractivity contribution in [1.29, 1.82) is 5.41 Å². The van der Waals surface area contributed by atoms with Gasteiger partial charge >= 0.3 is 0 Å². The van der Waals surface area contributed by atoms with Crippen molar-refractivity contribution in [3.8, 4) is 17.1 Å². The fourth-order valence-electron chi connectivity index (χ4n) is 4.69. The van der Waals surface area contributed by atoms with Crippen LogP contribution in [0.25, 0.3) is 11.4 Å². The van der Waals surface area contributed by atoms with E-state index in [0.29, 0.717) is 35.7 Å². The zero-order chi connectivity index (χ0) is 24.5. The molecule has 2 aromatic rings. The highest BCUT2D eigenvalue weighted by molar-refractivity contribution is 6.06. The number of allylic oxidation sites excluding steroid dienone is 4. The molecule has 35 heavy (non-hydrogen) atoms. The normalized spacial score (nSPS) is 21.0. The summed E-state index contributed by atoms with van der Waals surface area (Å²) in [5, 5.41) is 8.56. The number of benzene rings is 1. The maximum Gasteiger partial charge on any atom is 0.159 e. The molecule has 2 heterocycles. The zero-order valence-electron chi connectivity index (χ0n) is 21.1. The predicted molar refractivity (Wildman–Crippen MR) is 141 cm³/mol. The van der Waals surface area contributed by atoms with E-state index in [4.69, 9.17) is 14.9 Å². The van der Waals surface area contributed by atoms with Gasteiger partial charge in [0.2, 0.25) is 0 Å². The van der Waals surface area contributed by atoms with Gasteiger partial charge in [0.25, 0.3) is 0 Å². The first-order valence-corrected chi connectivity index (χ1v) is 12.9. The molecule has 0 amide bonds. The van der Waals surface area contributed by atoms with Crippen LogP contribution < -0.4 is 4.74 Å². The molecule has 0 radical (unpaired) electrons. The molecule has 2 atom stereocenters. The molecule has 0 bridgehead atoms. The third kappa shape index (κ3) is 7.33. The largest absolute Gasteiger partial charge is 0.489 e. The minimum Gasteiger partial charge on any atom is -0.489 e. The SMILES string of the molecule is CCC(Cc1cccc(-c2ncc(OCCN3CCOCC3)cn2)c1)C1=CCC(C)C/C=C\C1=N. The van der Waals surface area contributed by atoms with Crippen molar-refractivity contribution in [3.05, 3.63) is 66.0 Å². The van der Waals surface area contributed by atoms with Crippen LogP contribution in [0.2, 0.25) is 0 Å². The van der Waals surface area contributed by atoms with Crippen LogP contribution in [0.1, 0.15) is 38.7 Å². The molecular weight excluding hydrogens is 436 g/mol. The van der Waals surface area contributed by atoms with Crippen LogP contribution in [0.4, 0.5) is 0 Å². The van der Waals surface area contributed by atoms with Crippen LogP contribution in [0, 0.1) is 17.2 Å². The topological polar surface area (TPSA) is 71.3 Å². The quantitative estimate of drug-likeness (QED) is 0.530. The monoisotopic (exact) mass is 474 g/mol. The van der Waals surface area contributed by atoms with Crippen molar-refractivity contribution >= 4 is 5.71 Å². The molecule has 4 rings (SSSR count). The lowest BCUT2D eigenvalue weighted by atomic mass is 9.84. The standard InChI is InChI=1S/C29H38N4O2/c1-3-24(27-11-10-22(2)6-4-9-28(27)30)18-23-7-5-8-25(19-23)29-31-20-26(21-32-29)35-17-14-33-12-15-34-16-13-33/h4-5,7-9,11,19-22,24,30H,3,6,10,12-18H2,1-2H3/b9-4-,27-11?,30-28?. The smallest absolute Gasteiger partial charge is 0.159 e. The van der Waals surface area contributed by atoms with Crippen molar-refractivity contribution in [3.63, 3.8) is 0 Å². The van der Waals surface area contributed by atoms with Gasteiger partial charge in [-0.25, -0.2) is 9.97 Å². The summed E-state index contributed by atoms with van der Waals surface area (Å²) >= 11 is 0. The number of morpholine rings is 1. The van der Waals surface area contributed by atoms with E-state index in [1.165, 1.54) is 11.1 Å². The number of rotatable bonds is 9. The summed E-state index contributed by atoms with van der Waals surface area (Å²) in [5.74, 6) is 2.35. The van der Waals surface area contributed by atoms with E-state index in [-0.39, 0.29) is 0 Å². The molecule has 1 aromatic heterocycles. The molecular formula is C29H38N4O2. The van der Waals surface area contributed by atoms with Crippen molar-refractivity contribution in [2.24, 2.45) is 11.8 Å². The summed E-state index contributed by atoms with van der Waals surface area (Å²) in [4.78, 5) is 11.5. The van der Waals surface area contributed by atoms with Gasteiger partial charge in [0, 0.05) is 25.2 Å². The van der Waals surface area contributed by atoms with Crippen molar-refractivity contribution in [1.82, 2.24) is 14.9 Å². The molecule has 0 spiro atoms. The summed E-state index contributed by atoms with van der Waals surface area (Å²) in [6.07, 6.45) is 14.0. The van der Waals surface area contributed by atoms with Crippen molar-refractivity contribution < 1.29 is 9.47 Å². The summed E-state index contributed by atoms with van der Waals surface area (Å²) in [6.45, 7) is 9.51. The van der Waals surface area contributed by atoms with Crippen LogP contribution in [0.5, 0.6) is 5.75 Å². The molecule has 186 valence electrons. The molecule has 1 fully saturated rings. The molecule has 6 heteroatoms. The van der Waals surface area contributed by atoms with Crippen LogP contribution in [0.15, 0.2) is 60.5 Å². The third-order valence-electron chi connectivity index (χ3n) is 6.88. The molecule has 1 aliphatic heterocycles. The first kappa shape index (κ1) is 25.3. The number of aromatic nitrogens is 2. The van der Waals surface area contributed by atoms with Gasteiger partial charge in [-0.3, -0.25) is 4.90 Å². The highest BCUT2D eigenvalue weighted by Gasteiger charge is 2.18. The maximum absolute atomic E-state index is 8.56. The Labute approximate surface area is 209 Å². The molecule has 0 saturated carbocycles. The summed E-state index contributed by atoms with van der Waals surface area (Å²) in [7, 11) is 0. The van der Waals surface area contributed by atoms with Crippen LogP contribution in [-0.2, 0) is 11.2 Å². The number of nitrogens with zero attached hydrogens (tertiary/aromatic N) is 3. The number of nitrogens with one attached hydrogen (secondary N) is 1. The van der Waals surface area contributed by atoms with Gasteiger partial charge in [-0.15, -0.1) is 0 Å². The van der Waals surface area contributed by atoms with E-state index in [2.05, 4.69) is 65.1 Å². The van der Waals surface area contributed by atoms with Gasteiger partial charge in [-0.2, -0.15) is 0 Å². The summed E-state index contributed by atoms with van der Waals surface area (Å²) < 4.78 is 11.2. The van der Waals surface area contributed by atoms with Crippen molar-refractivity contribution in [2.75, 3.05) is 39.5 Å². The highest BCUT2D eigenvalue weighted by Crippen LogP contribution is 2.27. The zero-order valence-corrected chi connectivity index (χ0v) is 21.1. The summed E-state index contributed by atoms with van der Waals surface area (Å²) in [5.41, 5.74) is 4.09. The molecule has 1 aliphatic carbocycles. The minimum absolute atomic E-state index is 0.330. The third-order valence-corrected chi connectivity index (χ3v) is 6.88. The lowest BCUT2D eigenvalue weighted by Gasteiger charge is -2.26. The lowest BCUT2D eigenvalue weighted by molar-refractivity contribution is 0.0322. The highest BCUT2D eigenvalue weighted by atomic mass is 16.5. The van der Waals surface area contributed by atoms with E-state index in [9.17, 15) is 0 Å². The van der Waals surface area contributed by atoms with Crippen molar-refractivity contribution in [2.45, 2.75) is 39.5 Å². The van der Waals surface area contributed by atoms with E-state index in [1.807, 2.05) is 6.08 Å². The van der Waals surface area contributed by atoms with Gasteiger partial charge in [-0.1, -0.05) is 44.2 Å². The van der Waals surface area contributed by atoms with E-state index < -0.39 is 0 Å². The van der Waals surface area contributed by atoms with E-state index in [1.54, 1.807) is 12.4 Å². The maximum atomic E-state index is 8.56. The van der Waals surface area contributed by atoms with Crippen LogP contribution in [-0.4, -0.2) is 60.0 Å². The first-order chi connectivity index (χ1) is 17.1. The lowest BCUT2D eigenvalue weighted by Crippen LogP contribution is -2.38. The molecule has 2 aliphatic rings. The van der Waals surface area contributed by atoms with Gasteiger partial charge in [0.15, 0.2) is 11.6 Å². The molecule has 1 aromatic carbocycles. The first-order valence-electron chi connectivity index (χ1n) is 12.9. The Balaban J connectivity index is 1.38. The molecule has 6 nitrogen and oxygen atoms in total. The Morgan fingerprint density at radius 2 is 1.97 bits per heavy atom. The number of hydrogen-bond acceptors (Lipinski definition) is 6. The second kappa shape index (κ2) is 12.8. The Morgan fingerprint density at radius 1 is 1.17 bits per heavy atom. The Bertz CT molecular complexity index is 1030. The fraction of sp³-hybridized carbons (Fsp3) is 0.483. The summed E-state index contributed by atoms with van der Waals surface area (Å²) in [6, 6.07) is 8.48. The molecule has 1 N–H and O–H groups in total. The predicted octanol–water partition coefficient (Wildman–Crippen LogP) is 5.36. The van der Waals surface area contributed by atoms with Gasteiger partial charge in [-0.05, 0) is 60.8 Å².